The van der Waals surface area contributed by atoms with Crippen molar-refractivity contribution in [1.29, 1.82) is 0 Å². The van der Waals surface area contributed by atoms with Crippen LogP contribution in [0.15, 0.2) is 58.2 Å². The zero-order valence-corrected chi connectivity index (χ0v) is 17.3. The number of halogens is 1. The highest BCUT2D eigenvalue weighted by molar-refractivity contribution is 9.10. The number of para-hydroxylation sites is 1. The highest BCUT2D eigenvalue weighted by atomic mass is 79.9. The van der Waals surface area contributed by atoms with Crippen molar-refractivity contribution < 1.29 is 4.79 Å². The minimum Gasteiger partial charge on any atom is -0.311 e. The van der Waals surface area contributed by atoms with Crippen LogP contribution in [0.25, 0.3) is 11.4 Å². The summed E-state index contributed by atoms with van der Waals surface area (Å²) in [6.45, 7) is 0.775. The Hall–Kier alpha value is -2.12. The minimum absolute atomic E-state index is 0.109. The third-order valence-electron chi connectivity index (χ3n) is 4.69. The first-order chi connectivity index (χ1) is 13.1. The predicted octanol–water partition coefficient (Wildman–Crippen LogP) is 4.32. The first-order valence-electron chi connectivity index (χ1n) is 8.80. The van der Waals surface area contributed by atoms with Gasteiger partial charge in [-0.1, -0.05) is 64.1 Å². The summed E-state index contributed by atoms with van der Waals surface area (Å²) in [7, 11) is 1.93. The van der Waals surface area contributed by atoms with Gasteiger partial charge in [-0.25, -0.2) is 0 Å². The molecule has 138 valence electrons. The van der Waals surface area contributed by atoms with E-state index in [1.54, 1.807) is 0 Å². The fourth-order valence-corrected chi connectivity index (χ4v) is 4.56. The zero-order valence-electron chi connectivity index (χ0n) is 14.9. The summed E-state index contributed by atoms with van der Waals surface area (Å²) in [5.41, 5.74) is 3.27. The number of carbonyl (C=O) groups is 1. The molecule has 0 saturated carbocycles. The lowest BCUT2D eigenvalue weighted by atomic mass is 10.0. The second-order valence-electron chi connectivity index (χ2n) is 6.41. The van der Waals surface area contributed by atoms with Gasteiger partial charge in [-0.05, 0) is 30.5 Å². The number of amides is 1. The van der Waals surface area contributed by atoms with Gasteiger partial charge >= 0.3 is 0 Å². The standard InChI is InChI=1S/C20H19BrN4OS/c1-24-19(15-9-3-4-10-16(15)21)22-23-20(24)27-13-18(26)25-12-6-8-14-7-2-5-11-17(14)25/h2-5,7,9-11H,6,8,12-13H2,1H3. The van der Waals surface area contributed by atoms with E-state index in [-0.39, 0.29) is 5.91 Å². The van der Waals surface area contributed by atoms with Crippen molar-refractivity contribution in [3.05, 3.63) is 58.6 Å². The van der Waals surface area contributed by atoms with Crippen LogP contribution in [-0.2, 0) is 18.3 Å². The Morgan fingerprint density at radius 2 is 1.93 bits per heavy atom. The zero-order chi connectivity index (χ0) is 18.8. The van der Waals surface area contributed by atoms with Gasteiger partial charge in [-0.3, -0.25) is 4.79 Å². The summed E-state index contributed by atoms with van der Waals surface area (Å²) in [6, 6.07) is 16.1. The van der Waals surface area contributed by atoms with Gasteiger partial charge in [0.05, 0.1) is 5.75 Å². The monoisotopic (exact) mass is 442 g/mol. The first kappa shape index (κ1) is 18.3. The Labute approximate surface area is 170 Å². The van der Waals surface area contributed by atoms with Crippen LogP contribution >= 0.6 is 27.7 Å². The van der Waals surface area contributed by atoms with E-state index in [1.807, 2.05) is 59.0 Å². The molecule has 0 fully saturated rings. The fraction of sp³-hybridized carbons (Fsp3) is 0.250. The lowest BCUT2D eigenvalue weighted by Gasteiger charge is -2.29. The number of hydrogen-bond acceptors (Lipinski definition) is 4. The van der Waals surface area contributed by atoms with E-state index < -0.39 is 0 Å². The summed E-state index contributed by atoms with van der Waals surface area (Å²) in [5, 5.41) is 9.32. The molecule has 4 rings (SSSR count). The van der Waals surface area contributed by atoms with Gasteiger partial charge in [-0.2, -0.15) is 0 Å². The van der Waals surface area contributed by atoms with Crippen molar-refractivity contribution in [3.63, 3.8) is 0 Å². The third kappa shape index (κ3) is 3.66. The number of hydrogen-bond donors (Lipinski definition) is 0. The number of aromatic nitrogens is 3. The molecule has 0 radical (unpaired) electrons. The topological polar surface area (TPSA) is 51.0 Å². The Balaban J connectivity index is 1.49. The minimum atomic E-state index is 0.109. The lowest BCUT2D eigenvalue weighted by Crippen LogP contribution is -2.36. The van der Waals surface area contributed by atoms with Crippen LogP contribution in [0.3, 0.4) is 0 Å². The first-order valence-corrected chi connectivity index (χ1v) is 10.6. The Morgan fingerprint density at radius 3 is 2.78 bits per heavy atom. The number of anilines is 1. The maximum absolute atomic E-state index is 12.8. The molecule has 2 heterocycles. The van der Waals surface area contributed by atoms with Crippen LogP contribution in [0, 0.1) is 0 Å². The van der Waals surface area contributed by atoms with Gasteiger partial charge in [0, 0.05) is 29.3 Å². The SMILES string of the molecule is Cn1c(SCC(=O)N2CCCc3ccccc32)nnc1-c1ccccc1Br. The second-order valence-corrected chi connectivity index (χ2v) is 8.21. The van der Waals surface area contributed by atoms with Crippen molar-refractivity contribution in [3.8, 4) is 11.4 Å². The average Bonchev–Trinajstić information content (AvgIpc) is 3.06. The van der Waals surface area contributed by atoms with E-state index in [1.165, 1.54) is 17.3 Å². The van der Waals surface area contributed by atoms with E-state index in [0.29, 0.717) is 5.75 Å². The highest BCUT2D eigenvalue weighted by Gasteiger charge is 2.23. The molecule has 0 spiro atoms. The third-order valence-corrected chi connectivity index (χ3v) is 6.38. The molecule has 2 aromatic carbocycles. The van der Waals surface area contributed by atoms with Crippen LogP contribution in [-0.4, -0.2) is 33.0 Å². The van der Waals surface area contributed by atoms with Crippen LogP contribution in [0.4, 0.5) is 5.69 Å². The van der Waals surface area contributed by atoms with Gasteiger partial charge in [0.1, 0.15) is 0 Å². The van der Waals surface area contributed by atoms with Gasteiger partial charge in [0.25, 0.3) is 0 Å². The lowest BCUT2D eigenvalue weighted by molar-refractivity contribution is -0.116. The van der Waals surface area contributed by atoms with Crippen LogP contribution in [0.2, 0.25) is 0 Å². The van der Waals surface area contributed by atoms with Crippen molar-refractivity contribution in [2.45, 2.75) is 18.0 Å². The van der Waals surface area contributed by atoms with E-state index in [2.05, 4.69) is 32.2 Å². The number of aryl methyl sites for hydroxylation is 1. The molecule has 0 unspecified atom stereocenters. The molecule has 0 saturated heterocycles. The number of rotatable bonds is 4. The van der Waals surface area contributed by atoms with E-state index >= 15 is 0 Å². The molecule has 1 aromatic heterocycles. The normalized spacial score (nSPS) is 13.5. The van der Waals surface area contributed by atoms with Crippen LogP contribution in [0.1, 0.15) is 12.0 Å². The molecule has 27 heavy (non-hydrogen) atoms. The van der Waals surface area contributed by atoms with E-state index in [4.69, 9.17) is 0 Å². The number of thioether (sulfide) groups is 1. The Bertz CT molecular complexity index is 988. The summed E-state index contributed by atoms with van der Waals surface area (Å²) in [6.07, 6.45) is 2.04. The quantitative estimate of drug-likeness (QED) is 0.564. The van der Waals surface area contributed by atoms with E-state index in [9.17, 15) is 4.79 Å². The van der Waals surface area contributed by atoms with Crippen molar-refractivity contribution in [2.75, 3.05) is 17.2 Å². The van der Waals surface area contributed by atoms with Gasteiger partial charge in [0.15, 0.2) is 11.0 Å². The molecule has 3 aromatic rings. The smallest absolute Gasteiger partial charge is 0.237 e. The number of benzene rings is 2. The summed E-state index contributed by atoms with van der Waals surface area (Å²) >= 11 is 4.99. The number of fused-ring (bicyclic) bond motifs is 1. The van der Waals surface area contributed by atoms with Crippen LogP contribution in [0.5, 0.6) is 0 Å². The molecule has 0 atom stereocenters. The molecule has 1 aliphatic heterocycles. The molecule has 1 amide bonds. The molecular formula is C20H19BrN4OS. The second kappa shape index (κ2) is 7.86. The highest BCUT2D eigenvalue weighted by Crippen LogP contribution is 2.30. The van der Waals surface area contributed by atoms with Crippen molar-refractivity contribution >= 4 is 39.3 Å². The van der Waals surface area contributed by atoms with Crippen molar-refractivity contribution in [1.82, 2.24) is 14.8 Å². The Morgan fingerprint density at radius 1 is 1.15 bits per heavy atom. The summed E-state index contributed by atoms with van der Waals surface area (Å²) < 4.78 is 2.90. The maximum atomic E-state index is 12.8. The summed E-state index contributed by atoms with van der Waals surface area (Å²) in [5.74, 6) is 1.23. The number of nitrogens with zero attached hydrogens (tertiary/aromatic N) is 4. The summed E-state index contributed by atoms with van der Waals surface area (Å²) in [4.78, 5) is 14.7. The van der Waals surface area contributed by atoms with Crippen molar-refractivity contribution in [2.24, 2.45) is 7.05 Å². The van der Waals surface area contributed by atoms with Gasteiger partial charge in [-0.15, -0.1) is 10.2 Å². The molecular weight excluding hydrogens is 424 g/mol. The van der Waals surface area contributed by atoms with Gasteiger partial charge in [0.2, 0.25) is 5.91 Å². The fourth-order valence-electron chi connectivity index (χ4n) is 3.31. The van der Waals surface area contributed by atoms with E-state index in [0.717, 1.165) is 46.1 Å². The molecule has 7 heteroatoms. The molecule has 1 aliphatic rings. The average molecular weight is 443 g/mol. The maximum Gasteiger partial charge on any atom is 0.237 e. The molecule has 5 nitrogen and oxygen atoms in total. The molecule has 0 N–H and O–H groups in total. The predicted molar refractivity (Wildman–Crippen MR) is 112 cm³/mol. The largest absolute Gasteiger partial charge is 0.311 e. The molecule has 0 aliphatic carbocycles. The number of carbonyl (C=O) groups excluding carboxylic acids is 1. The molecule has 0 bridgehead atoms. The van der Waals surface area contributed by atoms with Gasteiger partial charge < -0.3 is 9.47 Å². The van der Waals surface area contributed by atoms with Crippen LogP contribution < -0.4 is 4.90 Å². The Kier molecular flexibility index (Phi) is 5.31.